The molecule has 0 saturated carbocycles. The van der Waals surface area contributed by atoms with Crippen LogP contribution in [0.5, 0.6) is 0 Å². The van der Waals surface area contributed by atoms with E-state index in [1.807, 2.05) is 6.92 Å². The van der Waals surface area contributed by atoms with Crippen LogP contribution in [0.3, 0.4) is 0 Å². The highest BCUT2D eigenvalue weighted by Crippen LogP contribution is 2.33. The summed E-state index contributed by atoms with van der Waals surface area (Å²) in [6.07, 6.45) is -0.356. The molecule has 0 saturated heterocycles. The van der Waals surface area contributed by atoms with Gasteiger partial charge in [-0.1, -0.05) is 41.4 Å². The summed E-state index contributed by atoms with van der Waals surface area (Å²) in [5, 5.41) is 3.08. The molecule has 2 aromatic rings. The summed E-state index contributed by atoms with van der Waals surface area (Å²) in [5.41, 5.74) is 1.47. The summed E-state index contributed by atoms with van der Waals surface area (Å²) >= 11 is 12.3. The summed E-state index contributed by atoms with van der Waals surface area (Å²) in [7, 11) is 0. The molecule has 1 heterocycles. The highest BCUT2D eigenvalue weighted by molar-refractivity contribution is 6.53. The molecule has 0 fully saturated rings. The van der Waals surface area contributed by atoms with E-state index in [1.54, 1.807) is 44.2 Å². The van der Waals surface area contributed by atoms with Gasteiger partial charge in [-0.3, -0.25) is 9.59 Å². The van der Waals surface area contributed by atoms with Gasteiger partial charge in [-0.15, -0.1) is 0 Å². The summed E-state index contributed by atoms with van der Waals surface area (Å²) < 4.78 is 5.22. The third kappa shape index (κ3) is 4.13. The number of carbonyl (C=O) groups excluding carboxylic acids is 3. The van der Waals surface area contributed by atoms with Crippen LogP contribution in [-0.4, -0.2) is 23.9 Å². The molecule has 1 N–H and O–H groups in total. The number of nitrogens with zero attached hydrogens (tertiary/aromatic N) is 1. The monoisotopic (exact) mass is 432 g/mol. The molecule has 1 aliphatic rings. The second-order valence-electron chi connectivity index (χ2n) is 6.69. The fraction of sp³-hybridized carbons (Fsp3) is 0.190. The lowest BCUT2D eigenvalue weighted by Crippen LogP contribution is -2.33. The van der Waals surface area contributed by atoms with Gasteiger partial charge in [-0.05, 0) is 50.6 Å². The average molecular weight is 433 g/mol. The molecule has 0 aliphatic carbocycles. The molecule has 2 amide bonds. The van der Waals surface area contributed by atoms with E-state index < -0.39 is 17.8 Å². The number of para-hydroxylation sites is 1. The molecule has 0 radical (unpaired) electrons. The Hall–Kier alpha value is -2.83. The molecule has 2 aromatic carbocycles. The van der Waals surface area contributed by atoms with Crippen LogP contribution in [0.2, 0.25) is 5.02 Å². The Bertz CT molecular complexity index is 1050. The summed E-state index contributed by atoms with van der Waals surface area (Å²) in [5.74, 6) is -2.05. The number of ether oxygens (including phenoxy) is 1. The lowest BCUT2D eigenvalue weighted by molar-refractivity contribution is -0.120. The van der Waals surface area contributed by atoms with Gasteiger partial charge in [-0.2, -0.15) is 0 Å². The maximum atomic E-state index is 13.0. The topological polar surface area (TPSA) is 75.7 Å². The number of aryl methyl sites for hydroxylation is 1. The fourth-order valence-electron chi connectivity index (χ4n) is 2.76. The first-order chi connectivity index (χ1) is 13.7. The minimum absolute atomic E-state index is 0.0898. The summed E-state index contributed by atoms with van der Waals surface area (Å²) in [6, 6.07) is 11.3. The Balaban J connectivity index is 1.95. The van der Waals surface area contributed by atoms with Crippen LogP contribution in [0, 0.1) is 6.92 Å². The van der Waals surface area contributed by atoms with Crippen LogP contribution in [-0.2, 0) is 14.3 Å². The Labute approximate surface area is 178 Å². The molecule has 1 aliphatic heterocycles. The number of imide groups is 1. The number of benzene rings is 2. The van der Waals surface area contributed by atoms with Crippen molar-refractivity contribution < 1.29 is 19.1 Å². The van der Waals surface area contributed by atoms with Gasteiger partial charge in [0, 0.05) is 10.7 Å². The number of anilines is 2. The number of carbonyl (C=O) groups is 3. The predicted octanol–water partition coefficient (Wildman–Crippen LogP) is 4.65. The molecule has 0 aromatic heterocycles. The number of amides is 2. The Kier molecular flexibility index (Phi) is 5.96. The summed E-state index contributed by atoms with van der Waals surface area (Å²) in [4.78, 5) is 39.0. The van der Waals surface area contributed by atoms with Crippen molar-refractivity contribution in [2.45, 2.75) is 26.9 Å². The van der Waals surface area contributed by atoms with Crippen molar-refractivity contribution in [1.29, 1.82) is 0 Å². The number of hydrogen-bond acceptors (Lipinski definition) is 5. The molecule has 0 spiro atoms. The Morgan fingerprint density at radius 2 is 1.76 bits per heavy atom. The number of rotatable bonds is 5. The molecule has 6 nitrogen and oxygen atoms in total. The van der Waals surface area contributed by atoms with Crippen molar-refractivity contribution in [2.75, 3.05) is 10.2 Å². The zero-order valence-corrected chi connectivity index (χ0v) is 17.5. The molecular formula is C21H18Cl2N2O4. The maximum absolute atomic E-state index is 13.0. The smallest absolute Gasteiger partial charge is 0.340 e. The molecule has 0 atom stereocenters. The van der Waals surface area contributed by atoms with E-state index in [4.69, 9.17) is 27.9 Å². The third-order valence-electron chi connectivity index (χ3n) is 4.18. The van der Waals surface area contributed by atoms with E-state index in [1.165, 1.54) is 12.1 Å². The number of esters is 1. The standard InChI is InChI=1S/C21H18Cl2N2O4/c1-11(2)29-21(28)14-6-4-5-7-16(14)25-19(26)17(23)18(20(25)27)24-13-9-8-12(3)15(22)10-13/h4-11,24H,1-3H3. The van der Waals surface area contributed by atoms with Crippen molar-refractivity contribution in [3.63, 3.8) is 0 Å². The van der Waals surface area contributed by atoms with E-state index in [0.29, 0.717) is 10.7 Å². The van der Waals surface area contributed by atoms with Gasteiger partial charge in [0.05, 0.1) is 17.4 Å². The third-order valence-corrected chi connectivity index (χ3v) is 4.93. The van der Waals surface area contributed by atoms with Crippen LogP contribution >= 0.6 is 23.2 Å². The molecule has 0 unspecified atom stereocenters. The van der Waals surface area contributed by atoms with Crippen molar-refractivity contribution in [3.05, 3.63) is 69.3 Å². The van der Waals surface area contributed by atoms with Gasteiger partial charge in [-0.25, -0.2) is 9.69 Å². The average Bonchev–Trinajstić information content (AvgIpc) is 2.87. The molecule has 3 rings (SSSR count). The summed E-state index contributed by atoms with van der Waals surface area (Å²) in [6.45, 7) is 5.26. The van der Waals surface area contributed by atoms with E-state index >= 15 is 0 Å². The Morgan fingerprint density at radius 1 is 1.07 bits per heavy atom. The second kappa shape index (κ2) is 8.27. The zero-order chi connectivity index (χ0) is 21.3. The van der Waals surface area contributed by atoms with Gasteiger partial charge in [0.1, 0.15) is 10.7 Å². The highest BCUT2D eigenvalue weighted by Gasteiger charge is 2.40. The molecule has 150 valence electrons. The number of hydrogen-bond donors (Lipinski definition) is 1. The van der Waals surface area contributed by atoms with E-state index in [-0.39, 0.29) is 28.1 Å². The van der Waals surface area contributed by atoms with Gasteiger partial charge >= 0.3 is 5.97 Å². The van der Waals surface area contributed by atoms with Crippen molar-refractivity contribution in [1.82, 2.24) is 0 Å². The molecule has 0 bridgehead atoms. The van der Waals surface area contributed by atoms with E-state index in [9.17, 15) is 14.4 Å². The van der Waals surface area contributed by atoms with Gasteiger partial charge in [0.2, 0.25) is 0 Å². The quantitative estimate of drug-likeness (QED) is 0.549. The molecule has 8 heteroatoms. The van der Waals surface area contributed by atoms with Gasteiger partial charge in [0.25, 0.3) is 11.8 Å². The predicted molar refractivity (Wildman–Crippen MR) is 112 cm³/mol. The van der Waals surface area contributed by atoms with Crippen molar-refractivity contribution >= 4 is 52.4 Å². The van der Waals surface area contributed by atoms with Crippen molar-refractivity contribution in [3.8, 4) is 0 Å². The maximum Gasteiger partial charge on any atom is 0.340 e. The highest BCUT2D eigenvalue weighted by atomic mass is 35.5. The van der Waals surface area contributed by atoms with E-state index in [0.717, 1.165) is 10.5 Å². The van der Waals surface area contributed by atoms with Crippen LogP contribution in [0.1, 0.15) is 29.8 Å². The van der Waals surface area contributed by atoms with Crippen LogP contribution in [0.25, 0.3) is 0 Å². The van der Waals surface area contributed by atoms with E-state index in [2.05, 4.69) is 5.32 Å². The normalized spacial score (nSPS) is 14.1. The first kappa shape index (κ1) is 20.9. The SMILES string of the molecule is Cc1ccc(NC2=C(Cl)C(=O)N(c3ccccc3C(=O)OC(C)C)C2=O)cc1Cl. The van der Waals surface area contributed by atoms with Gasteiger partial charge in [0.15, 0.2) is 0 Å². The molecule has 29 heavy (non-hydrogen) atoms. The largest absolute Gasteiger partial charge is 0.459 e. The van der Waals surface area contributed by atoms with Gasteiger partial charge < -0.3 is 10.1 Å². The zero-order valence-electron chi connectivity index (χ0n) is 16.0. The Morgan fingerprint density at radius 3 is 2.41 bits per heavy atom. The second-order valence-corrected chi connectivity index (χ2v) is 7.48. The number of nitrogens with one attached hydrogen (secondary N) is 1. The molecular weight excluding hydrogens is 415 g/mol. The lowest BCUT2D eigenvalue weighted by atomic mass is 10.1. The van der Waals surface area contributed by atoms with Crippen LogP contribution < -0.4 is 10.2 Å². The fourth-order valence-corrected chi connectivity index (χ4v) is 3.16. The van der Waals surface area contributed by atoms with Crippen LogP contribution in [0.4, 0.5) is 11.4 Å². The first-order valence-corrected chi connectivity index (χ1v) is 9.58. The van der Waals surface area contributed by atoms with Crippen molar-refractivity contribution in [2.24, 2.45) is 0 Å². The minimum atomic E-state index is -0.734. The minimum Gasteiger partial charge on any atom is -0.459 e. The first-order valence-electron chi connectivity index (χ1n) is 8.82. The number of halogens is 2. The van der Waals surface area contributed by atoms with Crippen LogP contribution in [0.15, 0.2) is 53.2 Å². The lowest BCUT2D eigenvalue weighted by Gasteiger charge is -2.19.